The fourth-order valence-electron chi connectivity index (χ4n) is 5.34. The second-order valence-electron chi connectivity index (χ2n) is 9.13. The average Bonchev–Trinajstić information content (AvgIpc) is 3.33. The zero-order chi connectivity index (χ0) is 23.5. The van der Waals surface area contributed by atoms with Crippen molar-refractivity contribution in [1.82, 2.24) is 15.2 Å². The van der Waals surface area contributed by atoms with Crippen LogP contribution in [0.1, 0.15) is 18.4 Å². The number of hydrogen-bond donors (Lipinski definition) is 3. The maximum atomic E-state index is 13.2. The third kappa shape index (κ3) is 4.59. The molecule has 2 aromatic carbocycles. The predicted octanol–water partition coefficient (Wildman–Crippen LogP) is 2.70. The molecule has 8 nitrogen and oxygen atoms in total. The van der Waals surface area contributed by atoms with Gasteiger partial charge >= 0.3 is 6.03 Å². The number of aromatic nitrogens is 1. The van der Waals surface area contributed by atoms with Crippen LogP contribution in [0, 0.1) is 0 Å². The summed E-state index contributed by atoms with van der Waals surface area (Å²) in [5, 5.41) is 3.80. The maximum absolute atomic E-state index is 13.2. The molecule has 2 aliphatic heterocycles. The van der Waals surface area contributed by atoms with Crippen LogP contribution in [0.4, 0.5) is 16.2 Å². The summed E-state index contributed by atoms with van der Waals surface area (Å²) in [5.74, 6) is 0.0312. The number of fused-ring (bicyclic) bond motifs is 2. The van der Waals surface area contributed by atoms with Crippen LogP contribution in [-0.2, 0) is 11.2 Å². The molecule has 34 heavy (non-hydrogen) atoms. The van der Waals surface area contributed by atoms with Gasteiger partial charge in [-0.1, -0.05) is 24.3 Å². The molecule has 0 radical (unpaired) electrons. The Hall–Kier alpha value is -3.52. The van der Waals surface area contributed by atoms with Crippen molar-refractivity contribution in [3.05, 3.63) is 60.3 Å². The lowest BCUT2D eigenvalue weighted by molar-refractivity contribution is -0.119. The Morgan fingerprint density at radius 2 is 1.79 bits per heavy atom. The third-order valence-electron chi connectivity index (χ3n) is 7.02. The van der Waals surface area contributed by atoms with Crippen LogP contribution in [0.5, 0.6) is 0 Å². The molecule has 3 aromatic rings. The highest BCUT2D eigenvalue weighted by Gasteiger charge is 2.32. The number of rotatable bonds is 6. The monoisotopic (exact) mass is 460 g/mol. The summed E-state index contributed by atoms with van der Waals surface area (Å²) in [7, 11) is 0. The molecular formula is C26H32N6O2. The first-order chi connectivity index (χ1) is 16.6. The lowest BCUT2D eigenvalue weighted by atomic mass is 9.94. The molecule has 0 aliphatic carbocycles. The van der Waals surface area contributed by atoms with Gasteiger partial charge in [0.1, 0.15) is 0 Å². The number of H-pyrrole nitrogens is 1. The van der Waals surface area contributed by atoms with E-state index in [4.69, 9.17) is 5.73 Å². The molecule has 1 fully saturated rings. The highest BCUT2D eigenvalue weighted by atomic mass is 16.2. The summed E-state index contributed by atoms with van der Waals surface area (Å²) in [5.41, 5.74) is 9.83. The van der Waals surface area contributed by atoms with Crippen molar-refractivity contribution in [1.29, 1.82) is 0 Å². The van der Waals surface area contributed by atoms with Crippen LogP contribution in [0.15, 0.2) is 54.7 Å². The van der Waals surface area contributed by atoms with Gasteiger partial charge in [-0.2, -0.15) is 0 Å². The van der Waals surface area contributed by atoms with E-state index in [0.29, 0.717) is 0 Å². The lowest BCUT2D eigenvalue weighted by Crippen LogP contribution is -2.54. The van der Waals surface area contributed by atoms with Gasteiger partial charge in [-0.3, -0.25) is 9.69 Å². The minimum atomic E-state index is -0.600. The Balaban J connectivity index is 1.26. The molecule has 0 bridgehead atoms. The van der Waals surface area contributed by atoms with Crippen molar-refractivity contribution in [2.75, 3.05) is 49.1 Å². The number of amides is 3. The van der Waals surface area contributed by atoms with Gasteiger partial charge in [0.05, 0.1) is 0 Å². The number of nitrogens with two attached hydrogens (primary N) is 1. The number of carbonyl (C=O) groups excluding carboxylic acids is 2. The van der Waals surface area contributed by atoms with Crippen LogP contribution in [0.3, 0.4) is 0 Å². The Morgan fingerprint density at radius 3 is 2.62 bits per heavy atom. The van der Waals surface area contributed by atoms with Crippen molar-refractivity contribution in [2.45, 2.75) is 25.3 Å². The van der Waals surface area contributed by atoms with Crippen LogP contribution in [-0.4, -0.2) is 67.1 Å². The van der Waals surface area contributed by atoms with Gasteiger partial charge in [0.25, 0.3) is 0 Å². The number of primary amides is 1. The topological polar surface area (TPSA) is 97.7 Å². The normalized spacial score (nSPS) is 18.6. The van der Waals surface area contributed by atoms with Gasteiger partial charge in [-0.25, -0.2) is 4.79 Å². The van der Waals surface area contributed by atoms with E-state index in [9.17, 15) is 9.59 Å². The molecule has 1 saturated heterocycles. The minimum absolute atomic E-state index is 0.0312. The number of hydrogen-bond acceptors (Lipinski definition) is 4. The largest absolute Gasteiger partial charge is 0.368 e. The van der Waals surface area contributed by atoms with Crippen molar-refractivity contribution < 1.29 is 9.59 Å². The minimum Gasteiger partial charge on any atom is -0.368 e. The number of nitrogens with zero attached hydrogens (tertiary/aromatic N) is 3. The van der Waals surface area contributed by atoms with E-state index in [0.717, 1.165) is 51.3 Å². The molecule has 8 heteroatoms. The summed E-state index contributed by atoms with van der Waals surface area (Å²) in [4.78, 5) is 34.5. The van der Waals surface area contributed by atoms with Crippen LogP contribution in [0.2, 0.25) is 0 Å². The number of nitrogens with one attached hydrogen (secondary N) is 2. The number of benzene rings is 2. The Bertz CT molecular complexity index is 1170. The fourth-order valence-corrected chi connectivity index (χ4v) is 5.34. The number of anilines is 2. The lowest BCUT2D eigenvalue weighted by Gasteiger charge is -2.42. The quantitative estimate of drug-likeness (QED) is 0.527. The summed E-state index contributed by atoms with van der Waals surface area (Å²) >= 11 is 0. The van der Waals surface area contributed by atoms with Gasteiger partial charge in [0.15, 0.2) is 0 Å². The molecule has 0 spiro atoms. The second-order valence-corrected chi connectivity index (χ2v) is 9.13. The van der Waals surface area contributed by atoms with E-state index in [2.05, 4.69) is 50.4 Å². The van der Waals surface area contributed by atoms with Gasteiger partial charge in [0.2, 0.25) is 5.91 Å². The Labute approximate surface area is 199 Å². The first kappa shape index (κ1) is 22.3. The summed E-state index contributed by atoms with van der Waals surface area (Å²) in [6, 6.07) is 16.2. The van der Waals surface area contributed by atoms with E-state index in [1.54, 1.807) is 0 Å². The maximum Gasteiger partial charge on any atom is 0.312 e. The molecular weight excluding hydrogens is 428 g/mol. The number of aryl methyl sites for hydroxylation is 1. The molecule has 1 atom stereocenters. The van der Waals surface area contributed by atoms with Gasteiger partial charge < -0.3 is 25.8 Å². The first-order valence-corrected chi connectivity index (χ1v) is 12.1. The smallest absolute Gasteiger partial charge is 0.312 e. The third-order valence-corrected chi connectivity index (χ3v) is 7.02. The van der Waals surface area contributed by atoms with Crippen LogP contribution in [0.25, 0.3) is 10.9 Å². The number of para-hydroxylation sites is 1. The van der Waals surface area contributed by atoms with E-state index in [1.807, 2.05) is 29.3 Å². The number of urea groups is 1. The van der Waals surface area contributed by atoms with Crippen molar-refractivity contribution in [2.24, 2.45) is 5.73 Å². The molecule has 2 aliphatic rings. The molecule has 0 saturated carbocycles. The standard InChI is InChI=1S/C26H32N6O2/c27-26(34)29-13-11-25(33)32-20(9-8-19-4-1-2-6-23(19)32)18-30-14-16-31(17-15-30)24-7-3-5-22-21(24)10-12-28-22/h1-7,10,12,20,28H,8-9,11,13-18H2,(H3,27,29,34). The fraction of sp³-hybridized carbons (Fsp3) is 0.385. The Morgan fingerprint density at radius 1 is 1.00 bits per heavy atom. The molecule has 3 heterocycles. The molecule has 178 valence electrons. The zero-order valence-corrected chi connectivity index (χ0v) is 19.4. The highest BCUT2D eigenvalue weighted by molar-refractivity contribution is 5.95. The summed E-state index contributed by atoms with van der Waals surface area (Å²) in [6.45, 7) is 4.96. The Kier molecular flexibility index (Phi) is 6.40. The molecule has 5 rings (SSSR count). The first-order valence-electron chi connectivity index (χ1n) is 12.1. The van der Waals surface area contributed by atoms with E-state index in [1.165, 1.54) is 22.2 Å². The summed E-state index contributed by atoms with van der Waals surface area (Å²) in [6.07, 6.45) is 4.15. The van der Waals surface area contributed by atoms with Gasteiger partial charge in [-0.05, 0) is 42.7 Å². The number of carbonyl (C=O) groups is 2. The predicted molar refractivity (Wildman–Crippen MR) is 135 cm³/mol. The van der Waals surface area contributed by atoms with Crippen molar-refractivity contribution in [3.63, 3.8) is 0 Å². The van der Waals surface area contributed by atoms with E-state index >= 15 is 0 Å². The average molecular weight is 461 g/mol. The number of aromatic amines is 1. The highest BCUT2D eigenvalue weighted by Crippen LogP contribution is 2.32. The number of piperazine rings is 1. The SMILES string of the molecule is NC(=O)NCCC(=O)N1c2ccccc2CCC1CN1CCN(c2cccc3[nH]ccc23)CC1. The van der Waals surface area contributed by atoms with Crippen LogP contribution >= 0.6 is 0 Å². The zero-order valence-electron chi connectivity index (χ0n) is 19.4. The molecule has 4 N–H and O–H groups in total. The van der Waals surface area contributed by atoms with Gasteiger partial charge in [-0.15, -0.1) is 0 Å². The van der Waals surface area contributed by atoms with E-state index < -0.39 is 6.03 Å². The van der Waals surface area contributed by atoms with Crippen LogP contribution < -0.4 is 20.9 Å². The summed E-state index contributed by atoms with van der Waals surface area (Å²) < 4.78 is 0. The molecule has 1 unspecified atom stereocenters. The van der Waals surface area contributed by atoms with Crippen molar-refractivity contribution >= 4 is 34.2 Å². The second kappa shape index (κ2) is 9.77. The van der Waals surface area contributed by atoms with Gasteiger partial charge in [0, 0.05) is 80.2 Å². The molecule has 1 aromatic heterocycles. The van der Waals surface area contributed by atoms with E-state index in [-0.39, 0.29) is 24.9 Å². The molecule has 3 amide bonds. The van der Waals surface area contributed by atoms with Crippen molar-refractivity contribution in [3.8, 4) is 0 Å².